The number of carbonyl (C=O) groups is 2. The summed E-state index contributed by atoms with van der Waals surface area (Å²) < 4.78 is 1.98. The number of imidazole rings is 1. The van der Waals surface area contributed by atoms with Crippen LogP contribution >= 0.6 is 0 Å². The number of benzene rings is 1. The summed E-state index contributed by atoms with van der Waals surface area (Å²) in [4.78, 5) is 28.4. The number of aryl methyl sites for hydroxylation is 4. The minimum atomic E-state index is -0.601. The number of Topliss-reactive ketones (excluding diaryl/α,β-unsaturated/α-hetero) is 1. The maximum Gasteiger partial charge on any atom is 0.236 e. The first-order valence-corrected chi connectivity index (χ1v) is 10.2. The molecule has 2 aromatic rings. The number of hydrazine groups is 1. The van der Waals surface area contributed by atoms with E-state index in [2.05, 4.69) is 34.9 Å². The van der Waals surface area contributed by atoms with E-state index in [0.717, 1.165) is 29.7 Å². The number of aromatic nitrogens is 2. The van der Waals surface area contributed by atoms with Crippen molar-refractivity contribution in [1.29, 1.82) is 0 Å². The molecule has 2 atom stereocenters. The van der Waals surface area contributed by atoms with Crippen molar-refractivity contribution in [2.45, 2.75) is 72.0 Å². The number of nitrogens with two attached hydrogens (primary N) is 1. The molecule has 2 rings (SSSR count). The summed E-state index contributed by atoms with van der Waals surface area (Å²) in [6, 6.07) is 3.24. The molecule has 7 nitrogen and oxygen atoms in total. The molecule has 0 radical (unpaired) electrons. The Morgan fingerprint density at radius 1 is 1.14 bits per heavy atom. The number of carbonyl (C=O) groups excluding carboxylic acids is 2. The highest BCUT2D eigenvalue weighted by Crippen LogP contribution is 2.18. The lowest BCUT2D eigenvalue weighted by molar-refractivity contribution is -0.123. The quantitative estimate of drug-likeness (QED) is 0.475. The first kappa shape index (κ1) is 22.8. The predicted molar refractivity (Wildman–Crippen MR) is 114 cm³/mol. The minimum absolute atomic E-state index is 0.106. The Morgan fingerprint density at radius 3 is 2.34 bits per heavy atom. The average Bonchev–Trinajstić information content (AvgIpc) is 3.17. The molecule has 4 N–H and O–H groups in total. The summed E-state index contributed by atoms with van der Waals surface area (Å²) in [6.07, 6.45) is 7.78. The molecule has 0 aliphatic heterocycles. The molecule has 158 valence electrons. The molecule has 1 aromatic carbocycles. The average molecular weight is 400 g/mol. The number of nitrogens with one attached hydrogen (secondary N) is 2. The van der Waals surface area contributed by atoms with Crippen molar-refractivity contribution < 1.29 is 9.59 Å². The highest BCUT2D eigenvalue weighted by molar-refractivity contribution is 5.84. The number of hydrogen-bond acceptors (Lipinski definition) is 5. The van der Waals surface area contributed by atoms with Crippen LogP contribution in [-0.4, -0.2) is 33.3 Å². The summed E-state index contributed by atoms with van der Waals surface area (Å²) in [5.41, 5.74) is 16.3. The molecule has 1 heterocycles. The zero-order valence-corrected chi connectivity index (χ0v) is 17.9. The van der Waals surface area contributed by atoms with Crippen molar-refractivity contribution in [3.63, 3.8) is 0 Å². The van der Waals surface area contributed by atoms with Gasteiger partial charge in [0.05, 0.1) is 12.4 Å². The second-order valence-corrected chi connectivity index (χ2v) is 7.64. The smallest absolute Gasteiger partial charge is 0.236 e. The van der Waals surface area contributed by atoms with Gasteiger partial charge in [-0.2, -0.15) is 0 Å². The molecule has 7 heteroatoms. The van der Waals surface area contributed by atoms with E-state index in [9.17, 15) is 9.59 Å². The van der Waals surface area contributed by atoms with E-state index < -0.39 is 11.9 Å². The predicted octanol–water partition coefficient (Wildman–Crippen LogP) is 2.13. The summed E-state index contributed by atoms with van der Waals surface area (Å²) in [6.45, 7) is 8.77. The number of rotatable bonds is 12. The SMILES string of the molecule is CCC(=O)[C@@H](CCCn1ccnc1)NNC(Cc1c(C)cc(C)cc1C)C(N)=O. The van der Waals surface area contributed by atoms with E-state index in [1.807, 2.05) is 31.5 Å². The molecule has 0 saturated carbocycles. The Morgan fingerprint density at radius 2 is 1.79 bits per heavy atom. The lowest BCUT2D eigenvalue weighted by Crippen LogP contribution is -2.54. The van der Waals surface area contributed by atoms with Crippen LogP contribution in [0.3, 0.4) is 0 Å². The van der Waals surface area contributed by atoms with E-state index in [0.29, 0.717) is 19.3 Å². The first-order chi connectivity index (χ1) is 13.8. The zero-order chi connectivity index (χ0) is 21.4. The van der Waals surface area contributed by atoms with Crippen molar-refractivity contribution in [2.75, 3.05) is 0 Å². The van der Waals surface area contributed by atoms with Crippen molar-refractivity contribution in [3.8, 4) is 0 Å². The van der Waals surface area contributed by atoms with Crippen molar-refractivity contribution in [2.24, 2.45) is 5.73 Å². The van der Waals surface area contributed by atoms with Gasteiger partial charge in [-0.05, 0) is 56.7 Å². The lowest BCUT2D eigenvalue weighted by Gasteiger charge is -2.23. The van der Waals surface area contributed by atoms with Crippen molar-refractivity contribution in [3.05, 3.63) is 53.1 Å². The van der Waals surface area contributed by atoms with Crippen LogP contribution in [0, 0.1) is 20.8 Å². The number of amides is 1. The van der Waals surface area contributed by atoms with E-state index in [-0.39, 0.29) is 11.8 Å². The minimum Gasteiger partial charge on any atom is -0.368 e. The number of hydrogen-bond donors (Lipinski definition) is 3. The third-order valence-electron chi connectivity index (χ3n) is 5.23. The first-order valence-electron chi connectivity index (χ1n) is 10.2. The van der Waals surface area contributed by atoms with Crippen LogP contribution in [0.2, 0.25) is 0 Å². The molecule has 0 aliphatic rings. The van der Waals surface area contributed by atoms with Crippen LogP contribution in [0.15, 0.2) is 30.9 Å². The Balaban J connectivity index is 1.99. The van der Waals surface area contributed by atoms with Gasteiger partial charge in [0, 0.05) is 25.4 Å². The van der Waals surface area contributed by atoms with Crippen LogP contribution in [0.25, 0.3) is 0 Å². The number of ketones is 1. The zero-order valence-electron chi connectivity index (χ0n) is 17.9. The van der Waals surface area contributed by atoms with Gasteiger partial charge in [0.15, 0.2) is 5.78 Å². The van der Waals surface area contributed by atoms with Crippen LogP contribution in [0.4, 0.5) is 0 Å². The Kier molecular flexibility index (Phi) is 8.54. The highest BCUT2D eigenvalue weighted by atomic mass is 16.1. The Labute approximate surface area is 173 Å². The summed E-state index contributed by atoms with van der Waals surface area (Å²) in [7, 11) is 0. The summed E-state index contributed by atoms with van der Waals surface area (Å²) in [5.74, 6) is -0.341. The highest BCUT2D eigenvalue weighted by Gasteiger charge is 2.22. The third-order valence-corrected chi connectivity index (χ3v) is 5.23. The summed E-state index contributed by atoms with van der Waals surface area (Å²) >= 11 is 0. The summed E-state index contributed by atoms with van der Waals surface area (Å²) in [5, 5.41) is 0. The molecular formula is C22H33N5O2. The molecule has 1 aromatic heterocycles. The van der Waals surface area contributed by atoms with Gasteiger partial charge >= 0.3 is 0 Å². The monoisotopic (exact) mass is 399 g/mol. The van der Waals surface area contributed by atoms with E-state index in [1.54, 1.807) is 12.5 Å². The molecule has 0 saturated heterocycles. The number of primary amides is 1. The molecule has 0 fully saturated rings. The molecule has 29 heavy (non-hydrogen) atoms. The lowest BCUT2D eigenvalue weighted by atomic mass is 9.94. The van der Waals surface area contributed by atoms with Gasteiger partial charge in [0.2, 0.25) is 5.91 Å². The number of nitrogens with zero attached hydrogens (tertiary/aromatic N) is 2. The van der Waals surface area contributed by atoms with Gasteiger partial charge in [0.1, 0.15) is 6.04 Å². The van der Waals surface area contributed by atoms with E-state index in [1.165, 1.54) is 5.56 Å². The molecule has 0 aliphatic carbocycles. The third kappa shape index (κ3) is 6.80. The fraction of sp³-hybridized carbons (Fsp3) is 0.500. The fourth-order valence-electron chi connectivity index (χ4n) is 3.62. The van der Waals surface area contributed by atoms with Gasteiger partial charge < -0.3 is 10.3 Å². The standard InChI is InChI=1S/C22H33N5O2/c1-5-21(28)19(7-6-9-27-10-8-24-14-27)25-26-20(22(23)29)13-18-16(3)11-15(2)12-17(18)4/h8,10-12,14,19-20,25-26H,5-7,9,13H2,1-4H3,(H2,23,29)/t19-,20?/m1/s1. The maximum atomic E-state index is 12.4. The molecule has 1 unspecified atom stereocenters. The molecular weight excluding hydrogens is 366 g/mol. The fourth-order valence-corrected chi connectivity index (χ4v) is 3.62. The molecule has 1 amide bonds. The van der Waals surface area contributed by atoms with Crippen LogP contribution in [0.1, 0.15) is 48.4 Å². The van der Waals surface area contributed by atoms with Gasteiger partial charge in [-0.1, -0.05) is 24.6 Å². The van der Waals surface area contributed by atoms with Gasteiger partial charge in [-0.3, -0.25) is 9.59 Å². The van der Waals surface area contributed by atoms with Gasteiger partial charge in [-0.15, -0.1) is 0 Å². The molecule has 0 spiro atoms. The Hall–Kier alpha value is -2.51. The van der Waals surface area contributed by atoms with Gasteiger partial charge in [0.25, 0.3) is 0 Å². The van der Waals surface area contributed by atoms with E-state index >= 15 is 0 Å². The van der Waals surface area contributed by atoms with Crippen molar-refractivity contribution >= 4 is 11.7 Å². The second-order valence-electron chi connectivity index (χ2n) is 7.64. The van der Waals surface area contributed by atoms with Crippen LogP contribution < -0.4 is 16.6 Å². The van der Waals surface area contributed by atoms with Crippen molar-refractivity contribution in [1.82, 2.24) is 20.4 Å². The van der Waals surface area contributed by atoms with Crippen LogP contribution in [-0.2, 0) is 22.6 Å². The Bertz CT molecular complexity index is 794. The second kappa shape index (κ2) is 10.9. The van der Waals surface area contributed by atoms with Crippen LogP contribution in [0.5, 0.6) is 0 Å². The molecule has 0 bridgehead atoms. The maximum absolute atomic E-state index is 12.4. The normalized spacial score (nSPS) is 13.2. The van der Waals surface area contributed by atoms with E-state index in [4.69, 9.17) is 5.73 Å². The largest absolute Gasteiger partial charge is 0.368 e. The topological polar surface area (TPSA) is 102 Å². The van der Waals surface area contributed by atoms with Gasteiger partial charge in [-0.25, -0.2) is 15.8 Å².